The number of carbonyl (C=O) groups is 2. The fourth-order valence-electron chi connectivity index (χ4n) is 8.52. The number of hydrogen-bond acceptors (Lipinski definition) is 8. The molecule has 0 aromatic heterocycles. The Balaban J connectivity index is 1.84. The molecule has 172 valence electrons. The molecule has 2 aliphatic heterocycles. The molecule has 6 rings (SSSR count). The molecule has 31 heavy (non-hydrogen) atoms. The Kier molecular flexibility index (Phi) is 4.28. The Bertz CT molecular complexity index is 868. The zero-order valence-corrected chi connectivity index (χ0v) is 18.5. The van der Waals surface area contributed by atoms with E-state index in [-0.39, 0.29) is 5.57 Å². The Morgan fingerprint density at radius 1 is 1.19 bits per heavy atom. The van der Waals surface area contributed by atoms with Gasteiger partial charge in [0.05, 0.1) is 11.5 Å². The van der Waals surface area contributed by atoms with Crippen LogP contribution in [0.25, 0.3) is 0 Å². The number of fused-ring (bicyclic) bond motifs is 2. The van der Waals surface area contributed by atoms with Gasteiger partial charge in [-0.15, -0.1) is 0 Å². The van der Waals surface area contributed by atoms with E-state index in [2.05, 4.69) is 6.58 Å². The van der Waals surface area contributed by atoms with Gasteiger partial charge in [-0.05, 0) is 42.6 Å². The van der Waals surface area contributed by atoms with Crippen LogP contribution in [0.2, 0.25) is 0 Å². The zero-order chi connectivity index (χ0) is 22.7. The van der Waals surface area contributed by atoms with Crippen LogP contribution in [0.3, 0.4) is 0 Å². The van der Waals surface area contributed by atoms with Crippen LogP contribution in [0.5, 0.6) is 0 Å². The van der Waals surface area contributed by atoms with Crippen molar-refractivity contribution in [1.82, 2.24) is 0 Å². The number of hydrogen-bond donors (Lipinski definition) is 3. The molecule has 4 bridgehead atoms. The van der Waals surface area contributed by atoms with Gasteiger partial charge in [0.25, 0.3) is 0 Å². The minimum absolute atomic E-state index is 0.257. The number of methoxy groups -OCH3 is 1. The van der Waals surface area contributed by atoms with Gasteiger partial charge in [-0.1, -0.05) is 20.4 Å². The average molecular weight is 437 g/mol. The van der Waals surface area contributed by atoms with Crippen molar-refractivity contribution >= 4 is 11.8 Å². The Labute approximate surface area is 181 Å². The molecule has 2 saturated heterocycles. The van der Waals surface area contributed by atoms with E-state index < -0.39 is 76.1 Å². The molecule has 0 radical (unpaired) electrons. The molecule has 8 heteroatoms. The topological polar surface area (TPSA) is 123 Å². The van der Waals surface area contributed by atoms with E-state index in [9.17, 15) is 24.9 Å². The van der Waals surface area contributed by atoms with Crippen LogP contribution in [-0.4, -0.2) is 64.6 Å². The Hall–Kier alpha value is -1.32. The minimum Gasteiger partial charge on any atom is -0.462 e. The van der Waals surface area contributed by atoms with E-state index in [1.54, 1.807) is 0 Å². The molecular formula is C23H32O8. The minimum atomic E-state index is -2.34. The molecule has 0 aromatic rings. The third-order valence-electron chi connectivity index (χ3n) is 9.40. The van der Waals surface area contributed by atoms with Crippen LogP contribution >= 0.6 is 0 Å². The maximum absolute atomic E-state index is 13.7. The van der Waals surface area contributed by atoms with Crippen molar-refractivity contribution < 1.29 is 39.1 Å². The average Bonchev–Trinajstić information content (AvgIpc) is 2.80. The van der Waals surface area contributed by atoms with Crippen molar-refractivity contribution in [3.63, 3.8) is 0 Å². The molecule has 3 N–H and O–H groups in total. The molecule has 4 saturated carbocycles. The maximum Gasteiger partial charge on any atom is 0.302 e. The SMILES string of the molecule is C=C1C(=O)[C@]23[C@H](O)[C@H]1CC[C@H]2[C@@]12[C@H](OC)O[C@@]3(O)[C@@H](O)[C@@H]1C(C)(C)CC[C@@H]2OC(C)=O. The molecule has 2 heterocycles. The second kappa shape index (κ2) is 6.17. The zero-order valence-electron chi connectivity index (χ0n) is 18.5. The number of aliphatic hydroxyl groups is 3. The second-order valence-corrected chi connectivity index (χ2v) is 10.8. The summed E-state index contributed by atoms with van der Waals surface area (Å²) in [4.78, 5) is 25.8. The van der Waals surface area contributed by atoms with Gasteiger partial charge >= 0.3 is 5.97 Å². The summed E-state index contributed by atoms with van der Waals surface area (Å²) in [7, 11) is 1.45. The molecule has 0 unspecified atom stereocenters. The van der Waals surface area contributed by atoms with Gasteiger partial charge < -0.3 is 29.5 Å². The maximum atomic E-state index is 13.7. The van der Waals surface area contributed by atoms with E-state index in [0.29, 0.717) is 25.7 Å². The van der Waals surface area contributed by atoms with Gasteiger partial charge in [-0.2, -0.15) is 0 Å². The number of ether oxygens (including phenoxy) is 3. The second-order valence-electron chi connectivity index (χ2n) is 10.8. The highest BCUT2D eigenvalue weighted by Crippen LogP contribution is 2.78. The summed E-state index contributed by atoms with van der Waals surface area (Å²) in [5.74, 6) is -4.97. The first-order valence-corrected chi connectivity index (χ1v) is 11.1. The molecule has 4 aliphatic carbocycles. The lowest BCUT2D eigenvalue weighted by molar-refractivity contribution is -0.509. The van der Waals surface area contributed by atoms with Gasteiger partial charge in [0.1, 0.15) is 17.6 Å². The standard InChI is InChI=1S/C23H32O8/c1-10-12-6-7-13-21-14(30-11(2)24)8-9-20(3,4)15(21)18(27)23(28,31-19(21)29-5)22(13,16(10)25)17(12)26/h12-15,17-19,26-28H,1,6-9H2,2-5H3/t12-,13-,14-,15+,17+,18-,19+,21-,22-,23-/m0/s1. The molecular weight excluding hydrogens is 404 g/mol. The lowest BCUT2D eigenvalue weighted by Crippen LogP contribution is -2.88. The summed E-state index contributed by atoms with van der Waals surface area (Å²) >= 11 is 0. The van der Waals surface area contributed by atoms with Crippen molar-refractivity contribution in [2.75, 3.05) is 7.11 Å². The predicted molar refractivity (Wildman–Crippen MR) is 106 cm³/mol. The molecule has 10 atom stereocenters. The first-order valence-electron chi connectivity index (χ1n) is 11.1. The monoisotopic (exact) mass is 436 g/mol. The summed E-state index contributed by atoms with van der Waals surface area (Å²) in [5.41, 5.74) is -3.10. The smallest absolute Gasteiger partial charge is 0.302 e. The molecule has 0 aromatic carbocycles. The van der Waals surface area contributed by atoms with Gasteiger partial charge in [-0.25, -0.2) is 0 Å². The van der Waals surface area contributed by atoms with Crippen LogP contribution < -0.4 is 0 Å². The van der Waals surface area contributed by atoms with Crippen LogP contribution in [0.1, 0.15) is 46.5 Å². The lowest BCUT2D eigenvalue weighted by Gasteiger charge is -2.76. The van der Waals surface area contributed by atoms with E-state index in [0.717, 1.165) is 0 Å². The number of Topliss-reactive ketones (excluding diaryl/α,β-unsaturated/α-hetero) is 1. The first kappa shape index (κ1) is 21.5. The van der Waals surface area contributed by atoms with E-state index in [1.165, 1.54) is 14.0 Å². The van der Waals surface area contributed by atoms with Crippen LogP contribution in [0.15, 0.2) is 12.2 Å². The molecule has 6 aliphatic rings. The highest BCUT2D eigenvalue weighted by molar-refractivity contribution is 6.05. The predicted octanol–water partition coefficient (Wildman–Crippen LogP) is 0.919. The molecule has 8 nitrogen and oxygen atoms in total. The third-order valence-corrected chi connectivity index (χ3v) is 9.40. The van der Waals surface area contributed by atoms with Crippen molar-refractivity contribution in [1.29, 1.82) is 0 Å². The number of carbonyl (C=O) groups excluding carboxylic acids is 2. The van der Waals surface area contributed by atoms with Crippen molar-refractivity contribution in [2.24, 2.45) is 34.0 Å². The van der Waals surface area contributed by atoms with Crippen LogP contribution in [0, 0.1) is 34.0 Å². The lowest BCUT2D eigenvalue weighted by atomic mass is 9.35. The normalized spacial score (nSPS) is 54.4. The number of ketones is 1. The van der Waals surface area contributed by atoms with Gasteiger partial charge in [-0.3, -0.25) is 9.59 Å². The molecule has 6 fully saturated rings. The summed E-state index contributed by atoms with van der Waals surface area (Å²) in [6, 6.07) is 0. The number of aliphatic hydroxyl groups excluding tert-OH is 2. The van der Waals surface area contributed by atoms with Crippen molar-refractivity contribution in [2.45, 2.75) is 76.8 Å². The van der Waals surface area contributed by atoms with Crippen molar-refractivity contribution in [3.8, 4) is 0 Å². The Morgan fingerprint density at radius 3 is 2.48 bits per heavy atom. The highest BCUT2D eigenvalue weighted by Gasteiger charge is 2.89. The summed E-state index contributed by atoms with van der Waals surface area (Å²) in [5, 5.41) is 35.0. The van der Waals surface area contributed by atoms with E-state index in [4.69, 9.17) is 14.2 Å². The molecule has 0 amide bonds. The van der Waals surface area contributed by atoms with E-state index >= 15 is 0 Å². The summed E-state index contributed by atoms with van der Waals surface area (Å²) < 4.78 is 17.6. The molecule has 2 spiro atoms. The van der Waals surface area contributed by atoms with Gasteiger partial charge in [0.15, 0.2) is 12.1 Å². The van der Waals surface area contributed by atoms with Crippen molar-refractivity contribution in [3.05, 3.63) is 12.2 Å². The van der Waals surface area contributed by atoms with Crippen LogP contribution in [0.4, 0.5) is 0 Å². The third kappa shape index (κ3) is 2.05. The van der Waals surface area contributed by atoms with E-state index in [1.807, 2.05) is 13.8 Å². The fraction of sp³-hybridized carbons (Fsp3) is 0.826. The summed E-state index contributed by atoms with van der Waals surface area (Å²) in [6.07, 6.45) is -2.28. The largest absolute Gasteiger partial charge is 0.462 e. The summed E-state index contributed by atoms with van der Waals surface area (Å²) in [6.45, 7) is 9.26. The Morgan fingerprint density at radius 2 is 1.87 bits per heavy atom. The highest BCUT2D eigenvalue weighted by atomic mass is 16.8. The number of esters is 1. The van der Waals surface area contributed by atoms with Gasteiger partial charge in [0.2, 0.25) is 5.79 Å². The quantitative estimate of drug-likeness (QED) is 0.431. The first-order chi connectivity index (χ1) is 14.4. The fourth-order valence-corrected chi connectivity index (χ4v) is 8.52. The number of rotatable bonds is 2. The van der Waals surface area contributed by atoms with Crippen LogP contribution in [-0.2, 0) is 23.8 Å². The van der Waals surface area contributed by atoms with Gasteiger partial charge in [0, 0.05) is 25.9 Å².